The maximum absolute atomic E-state index is 12.7. The minimum Gasteiger partial charge on any atom is -0.370 e. The Hall–Kier alpha value is -2.32. The van der Waals surface area contributed by atoms with Crippen molar-refractivity contribution in [1.29, 1.82) is 0 Å². The van der Waals surface area contributed by atoms with E-state index >= 15 is 0 Å². The molecule has 0 spiro atoms. The molecule has 0 bridgehead atoms. The standard InChI is InChI=1S/C19H28N6O2/c1-23-5-4-6-24(10-9-23)13-18(26)20-16-11-14-15(22-19(27)21-14)12-17(16)25-7-2-3-8-25/h11-12H,2-10,13H2,1H3,(H,20,26)(H2,21,22,27). The summed E-state index contributed by atoms with van der Waals surface area (Å²) in [5, 5.41) is 3.10. The zero-order chi connectivity index (χ0) is 18.8. The molecule has 1 aromatic heterocycles. The van der Waals surface area contributed by atoms with Gasteiger partial charge in [-0.15, -0.1) is 0 Å². The van der Waals surface area contributed by atoms with E-state index in [1.807, 2.05) is 12.1 Å². The normalized spacial score (nSPS) is 19.5. The van der Waals surface area contributed by atoms with E-state index in [0.29, 0.717) is 6.54 Å². The Morgan fingerprint density at radius 3 is 2.52 bits per heavy atom. The molecule has 1 aromatic carbocycles. The summed E-state index contributed by atoms with van der Waals surface area (Å²) in [7, 11) is 2.12. The molecule has 8 heteroatoms. The lowest BCUT2D eigenvalue weighted by molar-refractivity contribution is -0.117. The van der Waals surface area contributed by atoms with E-state index in [4.69, 9.17) is 0 Å². The number of benzene rings is 1. The quantitative estimate of drug-likeness (QED) is 0.746. The number of aromatic nitrogens is 2. The summed E-state index contributed by atoms with van der Waals surface area (Å²) in [6.45, 7) is 6.27. The number of hydrogen-bond acceptors (Lipinski definition) is 5. The van der Waals surface area contributed by atoms with E-state index in [-0.39, 0.29) is 11.6 Å². The Kier molecular flexibility index (Phi) is 5.18. The van der Waals surface area contributed by atoms with Gasteiger partial charge < -0.3 is 25.1 Å². The molecule has 2 fully saturated rings. The predicted octanol–water partition coefficient (Wildman–Crippen LogP) is 1.03. The van der Waals surface area contributed by atoms with E-state index in [2.05, 4.69) is 37.0 Å². The van der Waals surface area contributed by atoms with E-state index in [1.54, 1.807) is 0 Å². The number of carbonyl (C=O) groups excluding carboxylic acids is 1. The summed E-state index contributed by atoms with van der Waals surface area (Å²) in [4.78, 5) is 36.8. The average Bonchev–Trinajstić information content (AvgIpc) is 3.22. The molecule has 0 radical (unpaired) electrons. The lowest BCUT2D eigenvalue weighted by Crippen LogP contribution is -2.36. The summed E-state index contributed by atoms with van der Waals surface area (Å²) in [5.74, 6) is -0.00256. The highest BCUT2D eigenvalue weighted by atomic mass is 16.2. The van der Waals surface area contributed by atoms with Crippen LogP contribution in [-0.2, 0) is 4.79 Å². The van der Waals surface area contributed by atoms with Crippen molar-refractivity contribution in [3.05, 3.63) is 22.6 Å². The van der Waals surface area contributed by atoms with E-state index in [1.165, 1.54) is 0 Å². The lowest BCUT2D eigenvalue weighted by atomic mass is 10.2. The molecule has 4 rings (SSSR count). The Labute approximate surface area is 158 Å². The number of likely N-dealkylation sites (N-methyl/N-ethyl adjacent to an activating group) is 1. The van der Waals surface area contributed by atoms with Crippen molar-refractivity contribution in [2.75, 3.05) is 63.1 Å². The number of H-pyrrole nitrogens is 2. The van der Waals surface area contributed by atoms with Crippen LogP contribution >= 0.6 is 0 Å². The van der Waals surface area contributed by atoms with Crippen molar-refractivity contribution >= 4 is 28.3 Å². The Balaban J connectivity index is 1.53. The largest absolute Gasteiger partial charge is 0.370 e. The Morgan fingerprint density at radius 1 is 1.00 bits per heavy atom. The second-order valence-electron chi connectivity index (χ2n) is 7.67. The molecule has 2 saturated heterocycles. The van der Waals surface area contributed by atoms with Crippen LogP contribution in [0.25, 0.3) is 11.0 Å². The molecular formula is C19H28N6O2. The number of imidazole rings is 1. The van der Waals surface area contributed by atoms with Gasteiger partial charge in [0.15, 0.2) is 0 Å². The zero-order valence-electron chi connectivity index (χ0n) is 15.9. The number of aromatic amines is 2. The third kappa shape index (κ3) is 4.17. The van der Waals surface area contributed by atoms with Crippen LogP contribution in [0.5, 0.6) is 0 Å². The molecule has 0 aliphatic carbocycles. The van der Waals surface area contributed by atoms with Gasteiger partial charge in [-0.2, -0.15) is 0 Å². The second kappa shape index (κ2) is 7.74. The molecule has 3 N–H and O–H groups in total. The SMILES string of the molecule is CN1CCCN(CC(=O)Nc2cc3[nH]c(=O)[nH]c3cc2N2CCCC2)CC1. The maximum Gasteiger partial charge on any atom is 0.323 e. The van der Waals surface area contributed by atoms with E-state index < -0.39 is 0 Å². The highest BCUT2D eigenvalue weighted by molar-refractivity contribution is 5.99. The molecule has 8 nitrogen and oxygen atoms in total. The monoisotopic (exact) mass is 372 g/mol. The van der Waals surface area contributed by atoms with Gasteiger partial charge >= 0.3 is 5.69 Å². The minimum absolute atomic E-state index is 0.00256. The highest BCUT2D eigenvalue weighted by Gasteiger charge is 2.20. The van der Waals surface area contributed by atoms with Crippen molar-refractivity contribution in [3.8, 4) is 0 Å². The van der Waals surface area contributed by atoms with Crippen molar-refractivity contribution < 1.29 is 4.79 Å². The fraction of sp³-hybridized carbons (Fsp3) is 0.579. The predicted molar refractivity (Wildman–Crippen MR) is 108 cm³/mol. The summed E-state index contributed by atoms with van der Waals surface area (Å²) >= 11 is 0. The third-order valence-electron chi connectivity index (χ3n) is 5.53. The number of fused-ring (bicyclic) bond motifs is 1. The summed E-state index contributed by atoms with van der Waals surface area (Å²) in [5.41, 5.74) is 3.02. The summed E-state index contributed by atoms with van der Waals surface area (Å²) < 4.78 is 0. The van der Waals surface area contributed by atoms with Gasteiger partial charge in [0, 0.05) is 26.2 Å². The number of carbonyl (C=O) groups is 1. The first-order valence-corrected chi connectivity index (χ1v) is 9.80. The first-order chi connectivity index (χ1) is 13.1. The second-order valence-corrected chi connectivity index (χ2v) is 7.67. The van der Waals surface area contributed by atoms with Crippen LogP contribution in [0, 0.1) is 0 Å². The van der Waals surface area contributed by atoms with Crippen LogP contribution in [-0.4, -0.2) is 78.5 Å². The van der Waals surface area contributed by atoms with Crippen molar-refractivity contribution in [1.82, 2.24) is 19.8 Å². The van der Waals surface area contributed by atoms with Gasteiger partial charge in [0.25, 0.3) is 0 Å². The summed E-state index contributed by atoms with van der Waals surface area (Å²) in [6.07, 6.45) is 3.38. The van der Waals surface area contributed by atoms with Gasteiger partial charge in [-0.05, 0) is 51.5 Å². The third-order valence-corrected chi connectivity index (χ3v) is 5.53. The van der Waals surface area contributed by atoms with Crippen LogP contribution in [0.15, 0.2) is 16.9 Å². The zero-order valence-corrected chi connectivity index (χ0v) is 15.9. The van der Waals surface area contributed by atoms with Gasteiger partial charge in [-0.3, -0.25) is 9.69 Å². The molecular weight excluding hydrogens is 344 g/mol. The first-order valence-electron chi connectivity index (χ1n) is 9.80. The molecule has 0 atom stereocenters. The van der Waals surface area contributed by atoms with Gasteiger partial charge in [0.05, 0.1) is 29.0 Å². The number of nitrogens with zero attached hydrogens (tertiary/aromatic N) is 3. The molecule has 27 heavy (non-hydrogen) atoms. The molecule has 146 valence electrons. The smallest absolute Gasteiger partial charge is 0.323 e. The average molecular weight is 372 g/mol. The van der Waals surface area contributed by atoms with E-state index in [9.17, 15) is 9.59 Å². The summed E-state index contributed by atoms with van der Waals surface area (Å²) in [6, 6.07) is 3.84. The fourth-order valence-corrected chi connectivity index (χ4v) is 4.04. The van der Waals surface area contributed by atoms with E-state index in [0.717, 1.165) is 80.9 Å². The molecule has 0 saturated carbocycles. The van der Waals surface area contributed by atoms with Crippen LogP contribution in [0.4, 0.5) is 11.4 Å². The number of rotatable bonds is 4. The first kappa shape index (κ1) is 18.1. The van der Waals surface area contributed by atoms with Gasteiger partial charge in [-0.1, -0.05) is 0 Å². The topological polar surface area (TPSA) is 87.5 Å². The fourth-order valence-electron chi connectivity index (χ4n) is 4.04. The molecule has 2 aliphatic rings. The molecule has 2 aliphatic heterocycles. The molecule has 0 unspecified atom stereocenters. The maximum atomic E-state index is 12.7. The van der Waals surface area contributed by atoms with Crippen molar-refractivity contribution in [2.24, 2.45) is 0 Å². The van der Waals surface area contributed by atoms with Crippen LogP contribution < -0.4 is 15.9 Å². The number of nitrogens with one attached hydrogen (secondary N) is 3. The van der Waals surface area contributed by atoms with Gasteiger partial charge in [-0.25, -0.2) is 4.79 Å². The molecule has 3 heterocycles. The van der Waals surface area contributed by atoms with Crippen molar-refractivity contribution in [3.63, 3.8) is 0 Å². The number of anilines is 2. The molecule has 2 aromatic rings. The number of hydrogen-bond donors (Lipinski definition) is 3. The van der Waals surface area contributed by atoms with Crippen LogP contribution in [0.3, 0.4) is 0 Å². The number of amides is 1. The Bertz CT molecular complexity index is 867. The van der Waals surface area contributed by atoms with Gasteiger partial charge in [0.2, 0.25) is 5.91 Å². The molecule has 1 amide bonds. The van der Waals surface area contributed by atoms with Crippen LogP contribution in [0.2, 0.25) is 0 Å². The minimum atomic E-state index is -0.227. The highest BCUT2D eigenvalue weighted by Crippen LogP contribution is 2.32. The van der Waals surface area contributed by atoms with Crippen molar-refractivity contribution in [2.45, 2.75) is 19.3 Å². The van der Waals surface area contributed by atoms with Gasteiger partial charge in [0.1, 0.15) is 0 Å². The lowest BCUT2D eigenvalue weighted by Gasteiger charge is -2.23. The van der Waals surface area contributed by atoms with Crippen LogP contribution in [0.1, 0.15) is 19.3 Å². The Morgan fingerprint density at radius 2 is 1.74 bits per heavy atom.